The Kier molecular flexibility index (Phi) is 6.66. The second-order valence-corrected chi connectivity index (χ2v) is 7.52. The number of aryl methyl sites for hydroxylation is 1. The first kappa shape index (κ1) is 22.4. The van der Waals surface area contributed by atoms with Crippen molar-refractivity contribution in [3.8, 4) is 5.75 Å². The van der Waals surface area contributed by atoms with Crippen molar-refractivity contribution in [1.29, 1.82) is 0 Å². The van der Waals surface area contributed by atoms with Crippen molar-refractivity contribution in [2.24, 2.45) is 5.10 Å². The van der Waals surface area contributed by atoms with E-state index in [1.54, 1.807) is 18.2 Å². The van der Waals surface area contributed by atoms with Crippen molar-refractivity contribution in [1.82, 2.24) is 9.66 Å². The summed E-state index contributed by atoms with van der Waals surface area (Å²) in [4.78, 5) is 38.7. The summed E-state index contributed by atoms with van der Waals surface area (Å²) in [6.45, 7) is 1.02. The number of nitrogens with zero attached hydrogens (tertiary/aromatic N) is 4. The first-order valence-electron chi connectivity index (χ1n) is 8.79. The molecule has 10 nitrogen and oxygen atoms in total. The quantitative estimate of drug-likeness (QED) is 0.292. The van der Waals surface area contributed by atoms with Gasteiger partial charge in [0.2, 0.25) is 5.75 Å². The molecule has 1 heterocycles. The normalized spacial score (nSPS) is 11.2. The lowest BCUT2D eigenvalue weighted by Gasteiger charge is -2.09. The van der Waals surface area contributed by atoms with Gasteiger partial charge in [-0.25, -0.2) is 9.78 Å². The highest BCUT2D eigenvalue weighted by molar-refractivity contribution is 9.10. The van der Waals surface area contributed by atoms with E-state index in [1.807, 2.05) is 6.92 Å². The Morgan fingerprint density at radius 1 is 1.42 bits per heavy atom. The molecule has 0 aliphatic carbocycles. The third-order valence-corrected chi connectivity index (χ3v) is 4.87. The zero-order chi connectivity index (χ0) is 22.7. The van der Waals surface area contributed by atoms with Crippen LogP contribution in [0, 0.1) is 10.1 Å². The van der Waals surface area contributed by atoms with Crippen LogP contribution in [-0.4, -0.2) is 38.5 Å². The molecule has 0 spiro atoms. The number of carbonyl (C=O) groups is 1. The summed E-state index contributed by atoms with van der Waals surface area (Å²) < 4.78 is 6.76. The monoisotopic (exact) mass is 508 g/mol. The van der Waals surface area contributed by atoms with E-state index in [0.29, 0.717) is 27.6 Å². The Morgan fingerprint density at radius 2 is 2.16 bits per heavy atom. The minimum atomic E-state index is -1.31. The van der Waals surface area contributed by atoms with E-state index in [-0.39, 0.29) is 16.3 Å². The summed E-state index contributed by atoms with van der Waals surface area (Å²) in [7, 11) is 0. The summed E-state index contributed by atoms with van der Waals surface area (Å²) >= 11 is 9.38. The van der Waals surface area contributed by atoms with E-state index >= 15 is 0 Å². The van der Waals surface area contributed by atoms with Gasteiger partial charge in [0, 0.05) is 22.5 Å². The van der Waals surface area contributed by atoms with Crippen molar-refractivity contribution in [3.63, 3.8) is 0 Å². The summed E-state index contributed by atoms with van der Waals surface area (Å²) in [5.41, 5.74) is -0.196. The maximum atomic E-state index is 12.9. The number of hydrogen-bond donors (Lipinski definition) is 1. The van der Waals surface area contributed by atoms with Crippen LogP contribution in [0.25, 0.3) is 10.9 Å². The van der Waals surface area contributed by atoms with Crippen LogP contribution in [0.15, 0.2) is 44.7 Å². The lowest BCUT2D eigenvalue weighted by atomic mass is 10.2. The number of nitro groups is 1. The van der Waals surface area contributed by atoms with Gasteiger partial charge in [0.15, 0.2) is 6.61 Å². The molecule has 0 radical (unpaired) electrons. The molecule has 1 aromatic heterocycles. The molecule has 0 aliphatic heterocycles. The lowest BCUT2D eigenvalue weighted by molar-refractivity contribution is -0.385. The number of nitro benzene ring substituents is 1. The predicted molar refractivity (Wildman–Crippen MR) is 117 cm³/mol. The van der Waals surface area contributed by atoms with Gasteiger partial charge in [-0.1, -0.05) is 34.5 Å². The van der Waals surface area contributed by atoms with Crippen molar-refractivity contribution in [2.45, 2.75) is 13.3 Å². The second kappa shape index (κ2) is 9.23. The zero-order valence-electron chi connectivity index (χ0n) is 15.9. The topological polar surface area (TPSA) is 137 Å². The van der Waals surface area contributed by atoms with E-state index in [9.17, 15) is 19.7 Å². The molecular formula is C19H14BrClN4O6. The van der Waals surface area contributed by atoms with Gasteiger partial charge in [0.05, 0.1) is 27.1 Å². The molecule has 0 fully saturated rings. The van der Waals surface area contributed by atoms with Crippen molar-refractivity contribution in [2.75, 3.05) is 6.61 Å². The highest BCUT2D eigenvalue weighted by Crippen LogP contribution is 2.35. The Bertz CT molecular complexity index is 1290. The Morgan fingerprint density at radius 3 is 2.81 bits per heavy atom. The minimum absolute atomic E-state index is 0.166. The van der Waals surface area contributed by atoms with E-state index in [1.165, 1.54) is 12.3 Å². The smallest absolute Gasteiger partial charge is 0.341 e. The fourth-order valence-electron chi connectivity index (χ4n) is 2.75. The van der Waals surface area contributed by atoms with Gasteiger partial charge in [-0.05, 0) is 24.3 Å². The van der Waals surface area contributed by atoms with Gasteiger partial charge < -0.3 is 9.84 Å². The van der Waals surface area contributed by atoms with Crippen LogP contribution in [-0.2, 0) is 11.2 Å². The van der Waals surface area contributed by atoms with E-state index in [0.717, 1.165) is 10.7 Å². The average molecular weight is 510 g/mol. The molecule has 0 amide bonds. The molecule has 12 heteroatoms. The largest absolute Gasteiger partial charge is 0.479 e. The molecular weight excluding hydrogens is 496 g/mol. The van der Waals surface area contributed by atoms with Crippen LogP contribution in [0.4, 0.5) is 5.69 Å². The van der Waals surface area contributed by atoms with Crippen molar-refractivity contribution in [3.05, 3.63) is 71.7 Å². The molecule has 3 rings (SSSR count). The third-order valence-electron chi connectivity index (χ3n) is 4.10. The Hall–Kier alpha value is -3.31. The SMILES string of the molecule is CCc1nc2ccc(Br)cc2c(=O)n1N=Cc1cc(Cl)c(OCC(=O)O)c([N+](=O)[O-])c1. The number of ether oxygens (including phenoxy) is 1. The van der Waals surface area contributed by atoms with Crippen molar-refractivity contribution >= 4 is 56.3 Å². The van der Waals surface area contributed by atoms with Gasteiger partial charge in [-0.15, -0.1) is 0 Å². The summed E-state index contributed by atoms with van der Waals surface area (Å²) in [5.74, 6) is -1.27. The van der Waals surface area contributed by atoms with Gasteiger partial charge >= 0.3 is 11.7 Å². The van der Waals surface area contributed by atoms with Crippen LogP contribution >= 0.6 is 27.5 Å². The van der Waals surface area contributed by atoms with Gasteiger partial charge in [0.25, 0.3) is 5.56 Å². The number of benzene rings is 2. The third kappa shape index (κ3) is 4.89. The number of aromatic nitrogens is 2. The molecule has 160 valence electrons. The fourth-order valence-corrected chi connectivity index (χ4v) is 3.39. The Labute approximate surface area is 188 Å². The number of fused-ring (bicyclic) bond motifs is 1. The highest BCUT2D eigenvalue weighted by Gasteiger charge is 2.21. The van der Waals surface area contributed by atoms with Crippen LogP contribution < -0.4 is 10.3 Å². The first-order valence-corrected chi connectivity index (χ1v) is 9.96. The maximum absolute atomic E-state index is 12.9. The number of aliphatic carboxylic acids is 1. The second-order valence-electron chi connectivity index (χ2n) is 6.20. The Balaban J connectivity index is 2.08. The maximum Gasteiger partial charge on any atom is 0.341 e. The van der Waals surface area contributed by atoms with Crippen molar-refractivity contribution < 1.29 is 19.6 Å². The number of hydrogen-bond acceptors (Lipinski definition) is 7. The molecule has 2 aromatic carbocycles. The van der Waals surface area contributed by atoms with Gasteiger partial charge in [0.1, 0.15) is 5.82 Å². The predicted octanol–water partition coefficient (Wildman–Crippen LogP) is 3.63. The molecule has 0 bridgehead atoms. The standard InChI is InChI=1S/C19H14BrClN4O6/c1-2-16-23-14-4-3-11(20)7-12(14)19(28)24(16)22-8-10-5-13(21)18(31-9-17(26)27)15(6-10)25(29)30/h3-8H,2,9H2,1H3,(H,26,27). The molecule has 0 saturated carbocycles. The minimum Gasteiger partial charge on any atom is -0.479 e. The summed E-state index contributed by atoms with van der Waals surface area (Å²) in [6.07, 6.45) is 1.65. The van der Waals surface area contributed by atoms with Gasteiger partial charge in [-0.2, -0.15) is 9.78 Å². The molecule has 1 N–H and O–H groups in total. The number of carboxylic acid groups (broad SMARTS) is 1. The van der Waals surface area contributed by atoms with E-state index < -0.39 is 28.7 Å². The van der Waals surface area contributed by atoms with Crippen LogP contribution in [0.2, 0.25) is 5.02 Å². The lowest BCUT2D eigenvalue weighted by Crippen LogP contribution is -2.22. The molecule has 3 aromatic rings. The fraction of sp³-hybridized carbons (Fsp3) is 0.158. The average Bonchev–Trinajstić information content (AvgIpc) is 2.71. The van der Waals surface area contributed by atoms with Gasteiger partial charge in [-0.3, -0.25) is 14.9 Å². The highest BCUT2D eigenvalue weighted by atomic mass is 79.9. The van der Waals surface area contributed by atoms with Crippen LogP contribution in [0.1, 0.15) is 18.3 Å². The summed E-state index contributed by atoms with van der Waals surface area (Å²) in [5, 5.41) is 24.5. The van der Waals surface area contributed by atoms with Crippen LogP contribution in [0.5, 0.6) is 5.75 Å². The molecule has 0 saturated heterocycles. The number of carboxylic acids is 1. The zero-order valence-corrected chi connectivity index (χ0v) is 18.3. The van der Waals surface area contributed by atoms with E-state index in [4.69, 9.17) is 21.4 Å². The van der Waals surface area contributed by atoms with Crippen LogP contribution in [0.3, 0.4) is 0 Å². The summed E-state index contributed by atoms with van der Waals surface area (Å²) in [6, 6.07) is 7.56. The number of halogens is 2. The molecule has 0 aliphatic rings. The number of rotatable bonds is 7. The van der Waals surface area contributed by atoms with E-state index in [2.05, 4.69) is 26.0 Å². The molecule has 0 atom stereocenters. The first-order chi connectivity index (χ1) is 14.7. The molecule has 31 heavy (non-hydrogen) atoms. The molecule has 0 unspecified atom stereocenters.